The summed E-state index contributed by atoms with van der Waals surface area (Å²) in [7, 11) is 0. The fourth-order valence-corrected chi connectivity index (χ4v) is 3.58. The average Bonchev–Trinajstić information content (AvgIpc) is 3.26. The van der Waals surface area contributed by atoms with Crippen molar-refractivity contribution in [1.82, 2.24) is 15.5 Å². The Labute approximate surface area is 194 Å². The van der Waals surface area contributed by atoms with Gasteiger partial charge in [0.25, 0.3) is 0 Å². The van der Waals surface area contributed by atoms with Crippen molar-refractivity contribution in [3.8, 4) is 11.1 Å². The summed E-state index contributed by atoms with van der Waals surface area (Å²) in [5, 5.41) is 21.8. The molecule has 1 atom stereocenters. The molecule has 0 radical (unpaired) electrons. The molecule has 0 unspecified atom stereocenters. The summed E-state index contributed by atoms with van der Waals surface area (Å²) in [5.74, 6) is -0.935. The highest BCUT2D eigenvalue weighted by atomic mass is 16.5. The molecule has 1 heterocycles. The molecule has 0 fully saturated rings. The average molecular weight is 453 g/mol. The lowest BCUT2D eigenvalue weighted by Crippen LogP contribution is -2.48. The van der Waals surface area contributed by atoms with Crippen LogP contribution < -0.4 is 10.3 Å². The second-order valence-corrected chi connectivity index (χ2v) is 9.13. The van der Waals surface area contributed by atoms with Crippen molar-refractivity contribution in [3.05, 3.63) is 67.0 Å². The molecule has 33 heavy (non-hydrogen) atoms. The van der Waals surface area contributed by atoms with Crippen molar-refractivity contribution in [2.75, 3.05) is 18.2 Å². The largest absolute Gasteiger partial charge is 0.394 e. The van der Waals surface area contributed by atoms with Crippen LogP contribution in [0.2, 0.25) is 0 Å². The SMILES string of the molecule is CC(C)(C)[C@@H](CO)N(O)C(=O)CCC(=O)NN1C=CN(c2ccc(-c3ccccc3)cc2)C1. The van der Waals surface area contributed by atoms with Crippen LogP contribution in [0.25, 0.3) is 11.1 Å². The minimum Gasteiger partial charge on any atom is -0.394 e. The van der Waals surface area contributed by atoms with Crippen LogP contribution in [0.5, 0.6) is 0 Å². The molecule has 0 aliphatic carbocycles. The lowest BCUT2D eigenvalue weighted by molar-refractivity contribution is -0.190. The molecule has 2 aromatic rings. The first-order valence-corrected chi connectivity index (χ1v) is 11.0. The fraction of sp³-hybridized carbons (Fsp3) is 0.360. The molecule has 1 aliphatic heterocycles. The van der Waals surface area contributed by atoms with Gasteiger partial charge in [-0.3, -0.25) is 25.2 Å². The number of amides is 2. The molecule has 8 heteroatoms. The summed E-state index contributed by atoms with van der Waals surface area (Å²) in [6, 6.07) is 17.6. The van der Waals surface area contributed by atoms with Crippen molar-refractivity contribution >= 4 is 17.5 Å². The maximum Gasteiger partial charge on any atom is 0.246 e. The summed E-state index contributed by atoms with van der Waals surface area (Å²) in [4.78, 5) is 26.5. The Bertz CT molecular complexity index is 970. The van der Waals surface area contributed by atoms with E-state index in [1.807, 2.05) is 62.2 Å². The van der Waals surface area contributed by atoms with Crippen molar-refractivity contribution in [2.24, 2.45) is 5.41 Å². The van der Waals surface area contributed by atoms with Gasteiger partial charge >= 0.3 is 0 Å². The molecule has 1 aliphatic rings. The zero-order chi connectivity index (χ0) is 24.0. The number of aliphatic hydroxyl groups excluding tert-OH is 1. The Morgan fingerprint density at radius 1 is 1.00 bits per heavy atom. The number of hydrogen-bond acceptors (Lipinski definition) is 6. The molecule has 0 saturated heterocycles. The molecule has 8 nitrogen and oxygen atoms in total. The normalized spacial score (nSPS) is 14.3. The molecule has 0 spiro atoms. The van der Waals surface area contributed by atoms with Gasteiger partial charge in [0.1, 0.15) is 6.67 Å². The first kappa shape index (κ1) is 24.3. The van der Waals surface area contributed by atoms with Gasteiger partial charge in [-0.15, -0.1) is 0 Å². The minimum atomic E-state index is -0.739. The summed E-state index contributed by atoms with van der Waals surface area (Å²) in [5.41, 5.74) is 5.53. The van der Waals surface area contributed by atoms with E-state index < -0.39 is 17.4 Å². The molecule has 2 amide bonds. The zero-order valence-corrected chi connectivity index (χ0v) is 19.3. The number of rotatable bonds is 8. The van der Waals surface area contributed by atoms with E-state index in [4.69, 9.17) is 0 Å². The Morgan fingerprint density at radius 3 is 2.24 bits per heavy atom. The van der Waals surface area contributed by atoms with Crippen molar-refractivity contribution < 1.29 is 19.9 Å². The van der Waals surface area contributed by atoms with Gasteiger partial charge in [0.15, 0.2) is 0 Å². The van der Waals surface area contributed by atoms with Gasteiger partial charge in [0, 0.05) is 30.9 Å². The number of aliphatic hydroxyl groups is 1. The smallest absolute Gasteiger partial charge is 0.246 e. The van der Waals surface area contributed by atoms with E-state index in [9.17, 15) is 19.9 Å². The molecule has 0 aromatic heterocycles. The van der Waals surface area contributed by atoms with Crippen LogP contribution in [0.3, 0.4) is 0 Å². The first-order valence-electron chi connectivity index (χ1n) is 11.0. The van der Waals surface area contributed by atoms with E-state index >= 15 is 0 Å². The Kier molecular flexibility index (Phi) is 7.73. The highest BCUT2D eigenvalue weighted by molar-refractivity contribution is 5.83. The van der Waals surface area contributed by atoms with Crippen LogP contribution in [0.4, 0.5) is 5.69 Å². The van der Waals surface area contributed by atoms with Crippen LogP contribution in [0.1, 0.15) is 33.6 Å². The van der Waals surface area contributed by atoms with E-state index in [-0.39, 0.29) is 25.4 Å². The fourth-order valence-electron chi connectivity index (χ4n) is 3.58. The topological polar surface area (TPSA) is 96.3 Å². The molecule has 176 valence electrons. The zero-order valence-electron chi connectivity index (χ0n) is 19.3. The number of hydrogen-bond donors (Lipinski definition) is 3. The first-order chi connectivity index (χ1) is 15.7. The summed E-state index contributed by atoms with van der Waals surface area (Å²) in [6.45, 7) is 5.53. The lowest BCUT2D eigenvalue weighted by atomic mass is 9.87. The number of nitrogens with one attached hydrogen (secondary N) is 1. The number of benzene rings is 2. The summed E-state index contributed by atoms with van der Waals surface area (Å²) >= 11 is 0. The third-order valence-corrected chi connectivity index (χ3v) is 5.59. The van der Waals surface area contributed by atoms with Crippen LogP contribution in [0, 0.1) is 5.41 Å². The highest BCUT2D eigenvalue weighted by Crippen LogP contribution is 2.25. The third-order valence-electron chi connectivity index (χ3n) is 5.59. The Morgan fingerprint density at radius 2 is 1.64 bits per heavy atom. The Balaban J connectivity index is 1.47. The van der Waals surface area contributed by atoms with E-state index in [1.54, 1.807) is 11.2 Å². The highest BCUT2D eigenvalue weighted by Gasteiger charge is 2.32. The molecule has 0 bridgehead atoms. The van der Waals surface area contributed by atoms with E-state index in [0.717, 1.165) is 16.8 Å². The molecular weight excluding hydrogens is 420 g/mol. The van der Waals surface area contributed by atoms with E-state index in [1.165, 1.54) is 0 Å². The number of carbonyl (C=O) groups excluding carboxylic acids is 2. The number of hydrazine groups is 1. The van der Waals surface area contributed by atoms with Crippen LogP contribution in [-0.4, -0.2) is 51.5 Å². The van der Waals surface area contributed by atoms with Crippen LogP contribution in [0.15, 0.2) is 67.0 Å². The van der Waals surface area contributed by atoms with Gasteiger partial charge in [0.2, 0.25) is 11.8 Å². The minimum absolute atomic E-state index is 0.0751. The van der Waals surface area contributed by atoms with Gasteiger partial charge in [-0.1, -0.05) is 63.2 Å². The molecule has 2 aromatic carbocycles. The van der Waals surface area contributed by atoms with Crippen LogP contribution >= 0.6 is 0 Å². The number of nitrogens with zero attached hydrogens (tertiary/aromatic N) is 3. The second-order valence-electron chi connectivity index (χ2n) is 9.13. The van der Waals surface area contributed by atoms with Crippen molar-refractivity contribution in [2.45, 2.75) is 39.7 Å². The Hall–Kier alpha value is -3.36. The molecule has 3 N–H and O–H groups in total. The number of anilines is 1. The summed E-state index contributed by atoms with van der Waals surface area (Å²) in [6.07, 6.45) is 3.39. The predicted octanol–water partition coefficient (Wildman–Crippen LogP) is 3.34. The lowest BCUT2D eigenvalue weighted by Gasteiger charge is -2.34. The second kappa shape index (κ2) is 10.5. The standard InChI is InChI=1S/C25H32N4O4/c1-25(2,3)22(17-30)29(33)24(32)14-13-23(31)26-28-16-15-27(18-28)21-11-9-20(10-12-21)19-7-5-4-6-8-19/h4-12,15-16,22,30,33H,13-14,17-18H2,1-3H3,(H,26,31)/t22-/m1/s1. The monoisotopic (exact) mass is 452 g/mol. The number of carbonyl (C=O) groups is 2. The van der Waals surface area contributed by atoms with Crippen molar-refractivity contribution in [1.29, 1.82) is 0 Å². The number of hydroxylamine groups is 2. The molecular formula is C25H32N4O4. The molecule has 0 saturated carbocycles. The van der Waals surface area contributed by atoms with E-state index in [2.05, 4.69) is 29.7 Å². The summed E-state index contributed by atoms with van der Waals surface area (Å²) < 4.78 is 0. The van der Waals surface area contributed by atoms with Gasteiger partial charge in [-0.05, 0) is 28.7 Å². The van der Waals surface area contributed by atoms with Gasteiger partial charge in [0.05, 0.1) is 12.6 Å². The van der Waals surface area contributed by atoms with Gasteiger partial charge in [-0.25, -0.2) is 5.06 Å². The third kappa shape index (κ3) is 6.34. The van der Waals surface area contributed by atoms with E-state index in [0.29, 0.717) is 11.7 Å². The maximum absolute atomic E-state index is 12.3. The van der Waals surface area contributed by atoms with Crippen molar-refractivity contribution in [3.63, 3.8) is 0 Å². The van der Waals surface area contributed by atoms with Gasteiger partial charge in [-0.2, -0.15) is 0 Å². The molecule has 3 rings (SSSR count). The predicted molar refractivity (Wildman–Crippen MR) is 127 cm³/mol. The van der Waals surface area contributed by atoms with Gasteiger partial charge < -0.3 is 10.0 Å². The maximum atomic E-state index is 12.3. The quantitative estimate of drug-likeness (QED) is 0.420. The van der Waals surface area contributed by atoms with Crippen LogP contribution in [-0.2, 0) is 9.59 Å².